The molecule has 2 aromatic rings. The zero-order valence-electron chi connectivity index (χ0n) is 23.4. The second-order valence-corrected chi connectivity index (χ2v) is 11.7. The lowest BCUT2D eigenvalue weighted by Crippen LogP contribution is -2.58. The summed E-state index contributed by atoms with van der Waals surface area (Å²) in [6, 6.07) is 13.9. The number of alkyl halides is 3. The van der Waals surface area contributed by atoms with Gasteiger partial charge < -0.3 is 9.47 Å². The number of hydrogen-bond donors (Lipinski definition) is 0. The van der Waals surface area contributed by atoms with Crippen LogP contribution in [-0.4, -0.2) is 53.5 Å². The molecule has 8 nitrogen and oxygen atoms in total. The van der Waals surface area contributed by atoms with Crippen molar-refractivity contribution in [1.82, 2.24) is 4.90 Å². The van der Waals surface area contributed by atoms with E-state index in [1.165, 1.54) is 12.1 Å². The van der Waals surface area contributed by atoms with Crippen molar-refractivity contribution in [2.24, 2.45) is 11.8 Å². The fraction of sp³-hybridized carbons (Fsp3) is 0.484. The third-order valence-corrected chi connectivity index (χ3v) is 8.45. The predicted octanol–water partition coefficient (Wildman–Crippen LogP) is 4.85. The zero-order chi connectivity index (χ0) is 30.3. The van der Waals surface area contributed by atoms with E-state index in [4.69, 9.17) is 14.7 Å². The third kappa shape index (κ3) is 5.53. The molecule has 3 saturated heterocycles. The number of carbonyl (C=O) groups is 3. The van der Waals surface area contributed by atoms with Gasteiger partial charge in [-0.2, -0.15) is 18.4 Å². The number of unbranched alkanes of at least 4 members (excludes halogenated alkanes) is 2. The van der Waals surface area contributed by atoms with Crippen LogP contribution in [0, 0.1) is 23.2 Å². The molecule has 222 valence electrons. The standard InChI is InChI=1S/C31H32F3N3O5/c1-29-18-36(14-8-4-7-11-24(38)41-17-20-9-5-3-6-10-20)19-30(2,42-29)26-25(29)27(39)37(28(26)40)22-13-12-21(16-35)23(15-22)31(32,33)34/h3,5-6,9-10,12-13,15,25-26H,4,7-8,11,14,17-19H2,1-2H3/t25-,26?,29+,30-/m0/s1. The van der Waals surface area contributed by atoms with E-state index in [1.54, 1.807) is 13.8 Å². The van der Waals surface area contributed by atoms with E-state index in [0.29, 0.717) is 38.5 Å². The van der Waals surface area contributed by atoms with Gasteiger partial charge in [0.15, 0.2) is 0 Å². The first-order valence-electron chi connectivity index (χ1n) is 14.0. The second kappa shape index (κ2) is 11.2. The molecule has 0 aromatic heterocycles. The Morgan fingerprint density at radius 3 is 2.26 bits per heavy atom. The Morgan fingerprint density at radius 1 is 1.02 bits per heavy atom. The Kier molecular flexibility index (Phi) is 7.89. The number of esters is 1. The predicted molar refractivity (Wildman–Crippen MR) is 145 cm³/mol. The van der Waals surface area contributed by atoms with E-state index in [9.17, 15) is 27.6 Å². The Hall–Kier alpha value is -3.75. The van der Waals surface area contributed by atoms with Crippen LogP contribution in [0.2, 0.25) is 0 Å². The Morgan fingerprint density at radius 2 is 1.67 bits per heavy atom. The number of rotatable bonds is 9. The topological polar surface area (TPSA) is 99.9 Å². The van der Waals surface area contributed by atoms with Crippen LogP contribution in [-0.2, 0) is 36.6 Å². The fourth-order valence-electron chi connectivity index (χ4n) is 6.77. The Bertz CT molecular complexity index is 1390. The largest absolute Gasteiger partial charge is 0.461 e. The van der Waals surface area contributed by atoms with Gasteiger partial charge in [0.25, 0.3) is 0 Å². The van der Waals surface area contributed by atoms with Crippen LogP contribution >= 0.6 is 0 Å². The van der Waals surface area contributed by atoms with E-state index in [2.05, 4.69) is 4.90 Å². The maximum absolute atomic E-state index is 13.6. The second-order valence-electron chi connectivity index (χ2n) is 11.7. The summed E-state index contributed by atoms with van der Waals surface area (Å²) in [5.74, 6) is -3.12. The molecule has 2 aromatic carbocycles. The summed E-state index contributed by atoms with van der Waals surface area (Å²) in [6.07, 6.45) is -2.23. The summed E-state index contributed by atoms with van der Waals surface area (Å²) in [5.41, 5.74) is -3.04. The molecule has 42 heavy (non-hydrogen) atoms. The van der Waals surface area contributed by atoms with Gasteiger partial charge >= 0.3 is 12.1 Å². The van der Waals surface area contributed by atoms with Gasteiger partial charge in [0.05, 0.1) is 45.9 Å². The number of fused-ring (bicyclic) bond motifs is 5. The number of imide groups is 1. The molecule has 3 fully saturated rings. The average Bonchev–Trinajstić information content (AvgIpc) is 3.31. The van der Waals surface area contributed by atoms with Gasteiger partial charge in [-0.3, -0.25) is 19.3 Å². The van der Waals surface area contributed by atoms with Crippen LogP contribution in [0.5, 0.6) is 0 Å². The number of ether oxygens (including phenoxy) is 2. The molecular weight excluding hydrogens is 551 g/mol. The highest BCUT2D eigenvalue weighted by Gasteiger charge is 2.71. The zero-order valence-corrected chi connectivity index (χ0v) is 23.4. The van der Waals surface area contributed by atoms with Gasteiger partial charge in [-0.15, -0.1) is 0 Å². The van der Waals surface area contributed by atoms with Crippen LogP contribution in [0.15, 0.2) is 48.5 Å². The average molecular weight is 584 g/mol. The molecule has 11 heteroatoms. The smallest absolute Gasteiger partial charge is 0.417 e. The van der Waals surface area contributed by atoms with E-state index in [-0.39, 0.29) is 18.3 Å². The molecular formula is C31H32F3N3O5. The van der Waals surface area contributed by atoms with E-state index >= 15 is 0 Å². The Labute approximate surface area is 242 Å². The molecule has 3 heterocycles. The van der Waals surface area contributed by atoms with E-state index in [0.717, 1.165) is 29.4 Å². The number of amides is 2. The highest BCUT2D eigenvalue weighted by atomic mass is 19.4. The molecule has 5 rings (SSSR count). The van der Waals surface area contributed by atoms with E-state index in [1.807, 2.05) is 30.3 Å². The number of benzene rings is 2. The number of halogens is 3. The third-order valence-electron chi connectivity index (χ3n) is 8.45. The van der Waals surface area contributed by atoms with Crippen molar-refractivity contribution in [2.45, 2.75) is 63.5 Å². The van der Waals surface area contributed by atoms with Crippen LogP contribution in [0.1, 0.15) is 56.2 Å². The minimum atomic E-state index is -4.82. The van der Waals surface area contributed by atoms with Gasteiger partial charge in [-0.25, -0.2) is 4.90 Å². The number of hydrogen-bond acceptors (Lipinski definition) is 7. The molecule has 0 spiro atoms. The molecule has 4 atom stereocenters. The number of morpholine rings is 1. The monoisotopic (exact) mass is 583 g/mol. The molecule has 1 unspecified atom stereocenters. The van der Waals surface area contributed by atoms with Crippen LogP contribution in [0.25, 0.3) is 0 Å². The molecule has 3 aliphatic rings. The lowest BCUT2D eigenvalue weighted by molar-refractivity contribution is -0.169. The number of carbonyl (C=O) groups excluding carboxylic acids is 3. The van der Waals surface area contributed by atoms with Crippen LogP contribution < -0.4 is 4.90 Å². The lowest BCUT2D eigenvalue weighted by atomic mass is 9.79. The van der Waals surface area contributed by atoms with Crippen molar-refractivity contribution in [2.75, 3.05) is 24.5 Å². The van der Waals surface area contributed by atoms with Crippen molar-refractivity contribution in [3.63, 3.8) is 0 Å². The maximum Gasteiger partial charge on any atom is 0.417 e. The maximum atomic E-state index is 13.6. The summed E-state index contributed by atoms with van der Waals surface area (Å²) in [4.78, 5) is 42.3. The molecule has 0 aliphatic carbocycles. The molecule has 0 saturated carbocycles. The minimum absolute atomic E-state index is 0.199. The number of anilines is 1. The quantitative estimate of drug-likeness (QED) is 0.236. The van der Waals surface area contributed by atoms with Gasteiger partial charge in [0.1, 0.15) is 6.61 Å². The van der Waals surface area contributed by atoms with Crippen molar-refractivity contribution in [1.29, 1.82) is 5.26 Å². The lowest BCUT2D eigenvalue weighted by Gasteiger charge is -2.45. The number of likely N-dealkylation sites (tertiary alicyclic amines) is 1. The molecule has 3 aliphatic heterocycles. The van der Waals surface area contributed by atoms with Gasteiger partial charge in [0, 0.05) is 19.5 Å². The highest BCUT2D eigenvalue weighted by Crippen LogP contribution is 2.55. The summed E-state index contributed by atoms with van der Waals surface area (Å²) in [5, 5.41) is 9.11. The van der Waals surface area contributed by atoms with Crippen LogP contribution in [0.3, 0.4) is 0 Å². The number of nitriles is 1. The SMILES string of the molecule is C[C@]12CN(CCCCCC(=O)OCc3ccccc3)C[C@](C)(O1)C1C(=O)N(c3ccc(C#N)c(C(F)(F)F)c3)C(=O)[C@H]12. The molecule has 0 radical (unpaired) electrons. The minimum Gasteiger partial charge on any atom is -0.461 e. The fourth-order valence-corrected chi connectivity index (χ4v) is 6.77. The summed E-state index contributed by atoms with van der Waals surface area (Å²) in [6.45, 7) is 5.26. The Balaban J connectivity index is 1.19. The summed E-state index contributed by atoms with van der Waals surface area (Å²) >= 11 is 0. The highest BCUT2D eigenvalue weighted by molar-refractivity contribution is 6.23. The van der Waals surface area contributed by atoms with Gasteiger partial charge in [-0.1, -0.05) is 36.8 Å². The first-order valence-corrected chi connectivity index (χ1v) is 14.0. The van der Waals surface area contributed by atoms with Crippen molar-refractivity contribution in [3.05, 3.63) is 65.2 Å². The number of nitrogens with zero attached hydrogens (tertiary/aromatic N) is 3. The van der Waals surface area contributed by atoms with Gasteiger partial charge in [0.2, 0.25) is 11.8 Å². The van der Waals surface area contributed by atoms with Crippen molar-refractivity contribution >= 4 is 23.5 Å². The van der Waals surface area contributed by atoms with Crippen LogP contribution in [0.4, 0.5) is 18.9 Å². The summed E-state index contributed by atoms with van der Waals surface area (Å²) < 4.78 is 52.4. The normalized spacial score (nSPS) is 27.2. The molecule has 2 amide bonds. The molecule has 0 N–H and O–H groups in total. The summed E-state index contributed by atoms with van der Waals surface area (Å²) in [7, 11) is 0. The van der Waals surface area contributed by atoms with Gasteiger partial charge in [-0.05, 0) is 57.0 Å². The van der Waals surface area contributed by atoms with E-state index < -0.39 is 52.2 Å². The van der Waals surface area contributed by atoms with Crippen molar-refractivity contribution in [3.8, 4) is 6.07 Å². The van der Waals surface area contributed by atoms with Crippen molar-refractivity contribution < 1.29 is 37.0 Å². The molecule has 2 bridgehead atoms. The first kappa shape index (κ1) is 29.7. The first-order chi connectivity index (χ1) is 19.9.